The van der Waals surface area contributed by atoms with Crippen molar-refractivity contribution in [2.45, 2.75) is 0 Å². The van der Waals surface area contributed by atoms with Gasteiger partial charge >= 0.3 is 5.97 Å². The highest BCUT2D eigenvalue weighted by Gasteiger charge is 2.22. The first kappa shape index (κ1) is 25.2. The zero-order valence-electron chi connectivity index (χ0n) is 18.8. The number of nitrogens with one attached hydrogen (secondary N) is 2. The van der Waals surface area contributed by atoms with Crippen LogP contribution in [0.15, 0.2) is 93.1 Å². The molecule has 37 heavy (non-hydrogen) atoms. The number of halogens is 3. The standard InChI is InChI=1S/C27H16BrClIN3O4/c28-16-10-11-21(37-27(35)22-9-4-12-36-22)15(13-16)14-31-33-26(34)25-23(17-5-1-2-7-19(17)29)18-6-3-8-20(30)24(18)32-25/h1-14,32H,(H,33,34). The summed E-state index contributed by atoms with van der Waals surface area (Å²) in [6.45, 7) is 0. The monoisotopic (exact) mass is 687 g/mol. The summed E-state index contributed by atoms with van der Waals surface area (Å²) in [5, 5.41) is 5.52. The van der Waals surface area contributed by atoms with Crippen LogP contribution in [0.3, 0.4) is 0 Å². The van der Waals surface area contributed by atoms with Crippen LogP contribution in [0.1, 0.15) is 26.6 Å². The lowest BCUT2D eigenvalue weighted by molar-refractivity contribution is 0.0700. The van der Waals surface area contributed by atoms with E-state index in [0.29, 0.717) is 21.8 Å². The van der Waals surface area contributed by atoms with Crippen LogP contribution in [-0.2, 0) is 0 Å². The molecule has 0 saturated heterocycles. The van der Waals surface area contributed by atoms with Crippen molar-refractivity contribution in [3.05, 3.63) is 109 Å². The van der Waals surface area contributed by atoms with Gasteiger partial charge in [-0.3, -0.25) is 4.79 Å². The van der Waals surface area contributed by atoms with E-state index in [1.807, 2.05) is 36.4 Å². The van der Waals surface area contributed by atoms with E-state index in [1.54, 1.807) is 30.3 Å². The van der Waals surface area contributed by atoms with Crippen molar-refractivity contribution in [3.8, 4) is 16.9 Å². The van der Waals surface area contributed by atoms with Crippen LogP contribution in [0.2, 0.25) is 5.02 Å². The topological polar surface area (TPSA) is 96.7 Å². The summed E-state index contributed by atoms with van der Waals surface area (Å²) >= 11 is 12.1. The number of furan rings is 1. The third-order valence-electron chi connectivity index (χ3n) is 5.42. The number of aromatic amines is 1. The van der Waals surface area contributed by atoms with Gasteiger partial charge in [0.1, 0.15) is 11.4 Å². The molecule has 0 bridgehead atoms. The number of carbonyl (C=O) groups excluding carboxylic acids is 2. The number of benzene rings is 3. The van der Waals surface area contributed by atoms with Gasteiger partial charge in [-0.05, 0) is 65.1 Å². The van der Waals surface area contributed by atoms with Crippen LogP contribution in [0.5, 0.6) is 5.75 Å². The Hall–Kier alpha value is -3.41. The van der Waals surface area contributed by atoms with E-state index >= 15 is 0 Å². The predicted molar refractivity (Wildman–Crippen MR) is 154 cm³/mol. The molecule has 0 aliphatic rings. The molecule has 2 heterocycles. The molecule has 0 fully saturated rings. The Balaban J connectivity index is 1.45. The molecule has 0 spiro atoms. The quantitative estimate of drug-likeness (QED) is 0.0638. The van der Waals surface area contributed by atoms with E-state index < -0.39 is 11.9 Å². The zero-order chi connectivity index (χ0) is 25.9. The second-order valence-corrected chi connectivity index (χ2v) is 10.3. The highest BCUT2D eigenvalue weighted by atomic mass is 127. The fourth-order valence-corrected chi connectivity index (χ4v) is 5.01. The Morgan fingerprint density at radius 1 is 1.08 bits per heavy atom. The Morgan fingerprint density at radius 2 is 1.92 bits per heavy atom. The van der Waals surface area contributed by atoms with Crippen LogP contribution in [0, 0.1) is 3.57 Å². The zero-order valence-corrected chi connectivity index (χ0v) is 23.3. The summed E-state index contributed by atoms with van der Waals surface area (Å²) in [6.07, 6.45) is 2.78. The molecule has 0 radical (unpaired) electrons. The first-order valence-electron chi connectivity index (χ1n) is 10.9. The lowest BCUT2D eigenvalue weighted by atomic mass is 10.0. The number of aromatic nitrogens is 1. The molecular weight excluding hydrogens is 673 g/mol. The van der Waals surface area contributed by atoms with Crippen LogP contribution < -0.4 is 10.2 Å². The molecule has 0 atom stereocenters. The van der Waals surface area contributed by atoms with Crippen molar-refractivity contribution in [1.29, 1.82) is 0 Å². The Kier molecular flexibility index (Phi) is 7.45. The summed E-state index contributed by atoms with van der Waals surface area (Å²) in [4.78, 5) is 28.9. The molecule has 0 aliphatic heterocycles. The van der Waals surface area contributed by atoms with Gasteiger partial charge < -0.3 is 14.1 Å². The first-order valence-corrected chi connectivity index (χ1v) is 13.1. The minimum atomic E-state index is -0.650. The van der Waals surface area contributed by atoms with E-state index in [0.717, 1.165) is 24.5 Å². The number of rotatable bonds is 6. The van der Waals surface area contributed by atoms with Crippen molar-refractivity contribution in [2.24, 2.45) is 5.10 Å². The molecule has 10 heteroatoms. The van der Waals surface area contributed by atoms with Gasteiger partial charge in [0.05, 0.1) is 18.0 Å². The van der Waals surface area contributed by atoms with E-state index in [2.05, 4.69) is 54.0 Å². The van der Waals surface area contributed by atoms with Gasteiger partial charge in [-0.15, -0.1) is 0 Å². The van der Waals surface area contributed by atoms with Crippen molar-refractivity contribution < 1.29 is 18.7 Å². The molecule has 7 nitrogen and oxygen atoms in total. The van der Waals surface area contributed by atoms with Gasteiger partial charge in [-0.25, -0.2) is 10.2 Å². The van der Waals surface area contributed by atoms with E-state index in [1.165, 1.54) is 18.5 Å². The second-order valence-electron chi connectivity index (χ2n) is 7.77. The van der Waals surface area contributed by atoms with Gasteiger partial charge in [0.2, 0.25) is 5.76 Å². The highest BCUT2D eigenvalue weighted by Crippen LogP contribution is 2.37. The number of amides is 1. The van der Waals surface area contributed by atoms with Crippen molar-refractivity contribution in [1.82, 2.24) is 10.4 Å². The van der Waals surface area contributed by atoms with Crippen LogP contribution in [0.4, 0.5) is 0 Å². The number of para-hydroxylation sites is 1. The average molecular weight is 689 g/mol. The molecule has 2 aromatic heterocycles. The average Bonchev–Trinajstić information content (AvgIpc) is 3.55. The third kappa shape index (κ3) is 5.34. The smallest absolute Gasteiger partial charge is 0.379 e. The Morgan fingerprint density at radius 3 is 2.70 bits per heavy atom. The largest absolute Gasteiger partial charge is 0.457 e. The summed E-state index contributed by atoms with van der Waals surface area (Å²) in [6, 6.07) is 21.3. The van der Waals surface area contributed by atoms with Crippen molar-refractivity contribution in [3.63, 3.8) is 0 Å². The van der Waals surface area contributed by atoms with E-state index in [4.69, 9.17) is 20.8 Å². The molecule has 5 rings (SSSR count). The van der Waals surface area contributed by atoms with Gasteiger partial charge in [0, 0.05) is 35.1 Å². The van der Waals surface area contributed by atoms with Crippen LogP contribution in [-0.4, -0.2) is 23.1 Å². The minimum absolute atomic E-state index is 0.0691. The summed E-state index contributed by atoms with van der Waals surface area (Å²) in [5.74, 6) is -0.787. The number of hydrogen-bond donors (Lipinski definition) is 2. The van der Waals surface area contributed by atoms with E-state index in [9.17, 15) is 9.59 Å². The number of carbonyl (C=O) groups is 2. The molecule has 0 aliphatic carbocycles. The van der Waals surface area contributed by atoms with Crippen LogP contribution in [0.25, 0.3) is 22.0 Å². The maximum atomic E-state index is 13.3. The fraction of sp³-hybridized carbons (Fsp3) is 0. The molecule has 184 valence electrons. The normalized spacial score (nSPS) is 11.2. The first-order chi connectivity index (χ1) is 17.9. The Bertz CT molecular complexity index is 1660. The van der Waals surface area contributed by atoms with Gasteiger partial charge in [-0.2, -0.15) is 5.10 Å². The molecular formula is C27H16BrClIN3O4. The number of hydrazone groups is 1. The van der Waals surface area contributed by atoms with E-state index in [-0.39, 0.29) is 11.5 Å². The second kappa shape index (κ2) is 10.9. The summed E-state index contributed by atoms with van der Waals surface area (Å²) in [5.41, 5.74) is 5.59. The minimum Gasteiger partial charge on any atom is -0.457 e. The molecule has 2 N–H and O–H groups in total. The molecule has 1 amide bonds. The number of esters is 1. The number of hydrogen-bond acceptors (Lipinski definition) is 5. The van der Waals surface area contributed by atoms with Crippen molar-refractivity contribution >= 4 is 79.1 Å². The van der Waals surface area contributed by atoms with Crippen LogP contribution >= 0.6 is 50.1 Å². The summed E-state index contributed by atoms with van der Waals surface area (Å²) in [7, 11) is 0. The lowest BCUT2D eigenvalue weighted by Gasteiger charge is -2.08. The predicted octanol–water partition coefficient (Wildman–Crippen LogP) is 7.43. The Labute approximate surface area is 238 Å². The highest BCUT2D eigenvalue weighted by molar-refractivity contribution is 14.1. The molecule has 3 aromatic carbocycles. The molecule has 0 saturated carbocycles. The number of ether oxygens (including phenoxy) is 1. The van der Waals surface area contributed by atoms with Gasteiger partial charge in [0.15, 0.2) is 0 Å². The van der Waals surface area contributed by atoms with Crippen molar-refractivity contribution in [2.75, 3.05) is 0 Å². The number of nitrogens with zero attached hydrogens (tertiary/aromatic N) is 1. The summed E-state index contributed by atoms with van der Waals surface area (Å²) < 4.78 is 12.2. The maximum Gasteiger partial charge on any atom is 0.379 e. The van der Waals surface area contributed by atoms with Gasteiger partial charge in [0.25, 0.3) is 5.91 Å². The number of H-pyrrole nitrogens is 1. The maximum absolute atomic E-state index is 13.3. The fourth-order valence-electron chi connectivity index (χ4n) is 3.77. The molecule has 5 aromatic rings. The van der Waals surface area contributed by atoms with Gasteiger partial charge in [-0.1, -0.05) is 57.9 Å². The number of fused-ring (bicyclic) bond motifs is 1. The molecule has 0 unspecified atom stereocenters. The third-order valence-corrected chi connectivity index (χ3v) is 7.14. The lowest BCUT2D eigenvalue weighted by Crippen LogP contribution is -2.19. The SMILES string of the molecule is O=C(Oc1ccc(Br)cc1C=NNC(=O)c1[nH]c2c(I)cccc2c1-c1ccccc1Cl)c1ccco1.